The van der Waals surface area contributed by atoms with Crippen LogP contribution in [-0.2, 0) is 9.84 Å². The highest BCUT2D eigenvalue weighted by molar-refractivity contribution is 7.92. The van der Waals surface area contributed by atoms with Crippen LogP contribution in [0.25, 0.3) is 0 Å². The fourth-order valence-electron chi connectivity index (χ4n) is 2.81. The molecule has 0 heterocycles. The van der Waals surface area contributed by atoms with Crippen LogP contribution in [-0.4, -0.2) is 24.6 Å². The van der Waals surface area contributed by atoms with Gasteiger partial charge in [-0.15, -0.1) is 0 Å². The molecule has 2 N–H and O–H groups in total. The number of hydrogen-bond acceptors (Lipinski definition) is 5. The zero-order chi connectivity index (χ0) is 15.8. The average Bonchev–Trinajstić information content (AvgIpc) is 2.41. The number of nitro groups is 1. The molecule has 0 aliphatic heterocycles. The molecule has 7 heteroatoms. The van der Waals surface area contributed by atoms with Gasteiger partial charge in [0.05, 0.1) is 15.1 Å². The predicted octanol–water partition coefficient (Wildman–Crippen LogP) is 2.27. The van der Waals surface area contributed by atoms with E-state index in [1.165, 1.54) is 24.3 Å². The van der Waals surface area contributed by atoms with Crippen molar-refractivity contribution in [2.75, 3.05) is 0 Å². The first-order valence-electron chi connectivity index (χ1n) is 6.87. The standard InChI is InChI=1S/C14H20N2O4S/c1-14(2)8-7-12(15)13(9-14)21(19,20)11-5-3-10(4-6-11)16(17)18/h3-6,12-13H,7-9,15H2,1-2H3. The number of rotatable bonds is 3. The molecule has 1 fully saturated rings. The lowest BCUT2D eigenvalue weighted by Gasteiger charge is -2.38. The monoisotopic (exact) mass is 312 g/mol. The number of non-ortho nitro benzene ring substituents is 1. The topological polar surface area (TPSA) is 103 Å². The fraction of sp³-hybridized carbons (Fsp3) is 0.571. The normalized spacial score (nSPS) is 25.5. The second kappa shape index (κ2) is 5.38. The summed E-state index contributed by atoms with van der Waals surface area (Å²) in [6, 6.07) is 4.63. The summed E-state index contributed by atoms with van der Waals surface area (Å²) in [5.74, 6) is 0. The Balaban J connectivity index is 2.34. The maximum absolute atomic E-state index is 12.7. The number of benzene rings is 1. The number of nitro benzene ring substituents is 1. The number of nitrogens with zero attached hydrogens (tertiary/aromatic N) is 1. The molecule has 0 spiro atoms. The van der Waals surface area contributed by atoms with Crippen LogP contribution < -0.4 is 5.73 Å². The largest absolute Gasteiger partial charge is 0.327 e. The van der Waals surface area contributed by atoms with Gasteiger partial charge >= 0.3 is 0 Å². The molecule has 21 heavy (non-hydrogen) atoms. The molecule has 116 valence electrons. The SMILES string of the molecule is CC1(C)CCC(N)C(S(=O)(=O)c2ccc([N+](=O)[O-])cc2)C1. The quantitative estimate of drug-likeness (QED) is 0.681. The smallest absolute Gasteiger partial charge is 0.269 e. The van der Waals surface area contributed by atoms with Crippen molar-refractivity contribution in [3.05, 3.63) is 34.4 Å². The molecule has 1 aliphatic carbocycles. The summed E-state index contributed by atoms with van der Waals surface area (Å²) in [6.07, 6.45) is 2.08. The minimum absolute atomic E-state index is 0.0611. The maximum atomic E-state index is 12.7. The molecule has 1 saturated carbocycles. The third-order valence-corrected chi connectivity index (χ3v) is 6.40. The Labute approximate surface area is 124 Å². The van der Waals surface area contributed by atoms with Crippen molar-refractivity contribution in [3.63, 3.8) is 0 Å². The minimum Gasteiger partial charge on any atom is -0.327 e. The van der Waals surface area contributed by atoms with Gasteiger partial charge in [0, 0.05) is 18.2 Å². The van der Waals surface area contributed by atoms with Crippen molar-refractivity contribution in [3.8, 4) is 0 Å². The van der Waals surface area contributed by atoms with Crippen molar-refractivity contribution in [1.82, 2.24) is 0 Å². The highest BCUT2D eigenvalue weighted by Gasteiger charge is 2.41. The lowest BCUT2D eigenvalue weighted by molar-refractivity contribution is -0.384. The molecular weight excluding hydrogens is 292 g/mol. The Bertz CT molecular complexity index is 637. The molecule has 0 bridgehead atoms. The zero-order valence-electron chi connectivity index (χ0n) is 12.2. The van der Waals surface area contributed by atoms with Gasteiger partial charge in [-0.2, -0.15) is 0 Å². The van der Waals surface area contributed by atoms with E-state index in [0.717, 1.165) is 6.42 Å². The minimum atomic E-state index is -3.57. The van der Waals surface area contributed by atoms with Gasteiger partial charge in [-0.3, -0.25) is 10.1 Å². The van der Waals surface area contributed by atoms with Crippen LogP contribution >= 0.6 is 0 Å². The van der Waals surface area contributed by atoms with E-state index in [1.807, 2.05) is 13.8 Å². The summed E-state index contributed by atoms with van der Waals surface area (Å²) in [6.45, 7) is 4.08. The third-order valence-electron chi connectivity index (χ3n) is 4.16. The summed E-state index contributed by atoms with van der Waals surface area (Å²) in [5, 5.41) is 10.0. The molecular formula is C14H20N2O4S. The molecule has 6 nitrogen and oxygen atoms in total. The van der Waals surface area contributed by atoms with Crippen LogP contribution in [0.15, 0.2) is 29.2 Å². The number of sulfone groups is 1. The van der Waals surface area contributed by atoms with Gasteiger partial charge in [-0.05, 0) is 36.8 Å². The van der Waals surface area contributed by atoms with E-state index in [9.17, 15) is 18.5 Å². The second-order valence-electron chi connectivity index (χ2n) is 6.41. The molecule has 2 atom stereocenters. The third kappa shape index (κ3) is 3.24. The van der Waals surface area contributed by atoms with Gasteiger partial charge in [0.15, 0.2) is 9.84 Å². The first-order valence-corrected chi connectivity index (χ1v) is 8.42. The molecule has 1 aromatic carbocycles. The van der Waals surface area contributed by atoms with Crippen LogP contribution in [0.2, 0.25) is 0 Å². The molecule has 0 saturated heterocycles. The molecule has 0 amide bonds. The molecule has 2 unspecified atom stereocenters. The van der Waals surface area contributed by atoms with Crippen LogP contribution in [0.3, 0.4) is 0 Å². The van der Waals surface area contributed by atoms with Gasteiger partial charge in [0.2, 0.25) is 0 Å². The first-order chi connectivity index (χ1) is 9.63. The van der Waals surface area contributed by atoms with Gasteiger partial charge < -0.3 is 5.73 Å². The van der Waals surface area contributed by atoms with Crippen LogP contribution in [0.4, 0.5) is 5.69 Å². The van der Waals surface area contributed by atoms with Crippen LogP contribution in [0.1, 0.15) is 33.1 Å². The lowest BCUT2D eigenvalue weighted by atomic mass is 9.75. The van der Waals surface area contributed by atoms with Crippen molar-refractivity contribution >= 4 is 15.5 Å². The summed E-state index contributed by atoms with van der Waals surface area (Å²) in [4.78, 5) is 10.2. The second-order valence-corrected chi connectivity index (χ2v) is 8.57. The van der Waals surface area contributed by atoms with Crippen molar-refractivity contribution in [2.45, 2.75) is 49.3 Å². The van der Waals surface area contributed by atoms with E-state index < -0.39 is 26.1 Å². The van der Waals surface area contributed by atoms with Crippen molar-refractivity contribution in [2.24, 2.45) is 11.1 Å². The van der Waals surface area contributed by atoms with Gasteiger partial charge in [-0.25, -0.2) is 8.42 Å². The van der Waals surface area contributed by atoms with E-state index in [2.05, 4.69) is 0 Å². The fourth-order valence-corrected chi connectivity index (χ4v) is 4.95. The van der Waals surface area contributed by atoms with E-state index in [4.69, 9.17) is 5.73 Å². The van der Waals surface area contributed by atoms with Gasteiger partial charge in [0.1, 0.15) is 0 Å². The summed E-state index contributed by atoms with van der Waals surface area (Å²) in [7, 11) is -3.57. The highest BCUT2D eigenvalue weighted by atomic mass is 32.2. The molecule has 1 aromatic rings. The Hall–Kier alpha value is -1.47. The summed E-state index contributed by atoms with van der Waals surface area (Å²) in [5.41, 5.74) is 5.83. The van der Waals surface area contributed by atoms with E-state index in [-0.39, 0.29) is 16.0 Å². The molecule has 2 rings (SSSR count). The van der Waals surface area contributed by atoms with Crippen LogP contribution in [0, 0.1) is 15.5 Å². The van der Waals surface area contributed by atoms with E-state index in [0.29, 0.717) is 12.8 Å². The summed E-state index contributed by atoms with van der Waals surface area (Å²) < 4.78 is 25.4. The van der Waals surface area contributed by atoms with Gasteiger partial charge in [0.25, 0.3) is 5.69 Å². The predicted molar refractivity (Wildman–Crippen MR) is 79.7 cm³/mol. The average molecular weight is 312 g/mol. The van der Waals surface area contributed by atoms with Crippen molar-refractivity contribution < 1.29 is 13.3 Å². The van der Waals surface area contributed by atoms with Crippen LogP contribution in [0.5, 0.6) is 0 Å². The Morgan fingerprint density at radius 2 is 1.86 bits per heavy atom. The first kappa shape index (κ1) is 15.9. The zero-order valence-corrected chi connectivity index (χ0v) is 13.0. The van der Waals surface area contributed by atoms with E-state index in [1.54, 1.807) is 0 Å². The summed E-state index contributed by atoms with van der Waals surface area (Å²) >= 11 is 0. The molecule has 0 aromatic heterocycles. The molecule has 1 aliphatic rings. The maximum Gasteiger partial charge on any atom is 0.269 e. The lowest BCUT2D eigenvalue weighted by Crippen LogP contribution is -2.47. The Morgan fingerprint density at radius 1 is 1.29 bits per heavy atom. The van der Waals surface area contributed by atoms with Gasteiger partial charge in [-0.1, -0.05) is 13.8 Å². The molecule has 0 radical (unpaired) electrons. The number of nitrogens with two attached hydrogens (primary N) is 1. The number of hydrogen-bond donors (Lipinski definition) is 1. The van der Waals surface area contributed by atoms with Crippen molar-refractivity contribution in [1.29, 1.82) is 0 Å². The van der Waals surface area contributed by atoms with E-state index >= 15 is 0 Å². The Morgan fingerprint density at radius 3 is 2.38 bits per heavy atom. The highest BCUT2D eigenvalue weighted by Crippen LogP contribution is 2.39. The Kier molecular flexibility index (Phi) is 4.08.